The number of aliphatic hydroxyl groups excluding tert-OH is 1. The van der Waals surface area contributed by atoms with Crippen LogP contribution < -0.4 is 4.74 Å². The molecule has 0 amide bonds. The second kappa shape index (κ2) is 5.60. The molecule has 1 unspecified atom stereocenters. The van der Waals surface area contributed by atoms with E-state index in [0.717, 1.165) is 0 Å². The van der Waals surface area contributed by atoms with Gasteiger partial charge in [0.15, 0.2) is 0 Å². The normalized spacial score (nSPS) is 20.4. The Morgan fingerprint density at radius 1 is 1.28 bits per heavy atom. The van der Waals surface area contributed by atoms with Crippen LogP contribution in [0, 0.1) is 0 Å². The van der Waals surface area contributed by atoms with Crippen LogP contribution in [0.15, 0.2) is 12.4 Å². The largest absolute Gasteiger partial charge is 0.480 e. The molecule has 1 aromatic rings. The summed E-state index contributed by atoms with van der Waals surface area (Å²) in [5, 5.41) is 10.5. The highest BCUT2D eigenvalue weighted by Crippen LogP contribution is 2.38. The Hall–Kier alpha value is -1.24. The van der Waals surface area contributed by atoms with E-state index in [1.54, 1.807) is 7.11 Å². The summed E-state index contributed by atoms with van der Waals surface area (Å²) in [5.74, 6) is 0.327. The Bertz CT molecular complexity index is 393. The molecule has 6 heteroatoms. The first-order valence-corrected chi connectivity index (χ1v) is 5.89. The highest BCUT2D eigenvalue weighted by atomic mass is 16.5. The zero-order valence-electron chi connectivity index (χ0n) is 10.6. The lowest BCUT2D eigenvalue weighted by Crippen LogP contribution is -2.44. The van der Waals surface area contributed by atoms with Crippen molar-refractivity contribution in [3.05, 3.63) is 18.1 Å². The summed E-state index contributed by atoms with van der Waals surface area (Å²) in [5.41, 5.74) is -0.273. The zero-order chi connectivity index (χ0) is 13.0. The van der Waals surface area contributed by atoms with Gasteiger partial charge in [0.2, 0.25) is 5.88 Å². The van der Waals surface area contributed by atoms with Crippen molar-refractivity contribution in [2.45, 2.75) is 24.5 Å². The summed E-state index contributed by atoms with van der Waals surface area (Å²) in [6, 6.07) is 0. The van der Waals surface area contributed by atoms with Gasteiger partial charge < -0.3 is 19.3 Å². The van der Waals surface area contributed by atoms with Crippen LogP contribution >= 0.6 is 0 Å². The fourth-order valence-electron chi connectivity index (χ4n) is 2.24. The van der Waals surface area contributed by atoms with Gasteiger partial charge in [0.1, 0.15) is 17.4 Å². The van der Waals surface area contributed by atoms with Gasteiger partial charge in [0, 0.05) is 45.6 Å². The molecule has 0 aromatic carbocycles. The van der Waals surface area contributed by atoms with E-state index in [2.05, 4.69) is 9.97 Å². The molecule has 18 heavy (non-hydrogen) atoms. The first-order valence-electron chi connectivity index (χ1n) is 5.89. The van der Waals surface area contributed by atoms with Crippen LogP contribution in [-0.2, 0) is 9.47 Å². The number of hydrogen-bond acceptors (Lipinski definition) is 6. The van der Waals surface area contributed by atoms with Crippen molar-refractivity contribution in [2.24, 2.45) is 0 Å². The number of aliphatic hydroxyl groups is 1. The minimum atomic E-state index is -0.880. The topological polar surface area (TPSA) is 73.7 Å². The summed E-state index contributed by atoms with van der Waals surface area (Å²) in [6.07, 6.45) is 3.41. The van der Waals surface area contributed by atoms with E-state index in [9.17, 15) is 5.11 Å². The number of aromatic nitrogens is 2. The van der Waals surface area contributed by atoms with Crippen molar-refractivity contribution in [1.29, 1.82) is 0 Å². The molecule has 1 saturated heterocycles. The number of ether oxygens (including phenoxy) is 3. The summed E-state index contributed by atoms with van der Waals surface area (Å²) >= 11 is 0. The van der Waals surface area contributed by atoms with E-state index in [0.29, 0.717) is 37.6 Å². The van der Waals surface area contributed by atoms with Crippen molar-refractivity contribution >= 4 is 0 Å². The van der Waals surface area contributed by atoms with Crippen molar-refractivity contribution in [3.8, 4) is 5.88 Å². The molecule has 0 radical (unpaired) electrons. The molecular formula is C12H18N2O4. The molecule has 1 aliphatic heterocycles. The average Bonchev–Trinajstić information content (AvgIpc) is 2.47. The van der Waals surface area contributed by atoms with Gasteiger partial charge in [-0.15, -0.1) is 0 Å². The second-order valence-corrected chi connectivity index (χ2v) is 4.23. The molecule has 2 rings (SSSR count). The summed E-state index contributed by atoms with van der Waals surface area (Å²) < 4.78 is 16.0. The zero-order valence-corrected chi connectivity index (χ0v) is 10.6. The van der Waals surface area contributed by atoms with Gasteiger partial charge in [-0.05, 0) is 0 Å². The summed E-state index contributed by atoms with van der Waals surface area (Å²) in [4.78, 5) is 8.21. The molecule has 0 aliphatic carbocycles. The van der Waals surface area contributed by atoms with Crippen LogP contribution in [0.4, 0.5) is 0 Å². The van der Waals surface area contributed by atoms with E-state index in [1.165, 1.54) is 19.5 Å². The third-order valence-electron chi connectivity index (χ3n) is 3.39. The molecule has 100 valence electrons. The first-order chi connectivity index (χ1) is 8.73. The van der Waals surface area contributed by atoms with E-state index < -0.39 is 11.7 Å². The molecule has 1 aliphatic rings. The second-order valence-electron chi connectivity index (χ2n) is 4.23. The van der Waals surface area contributed by atoms with Crippen molar-refractivity contribution < 1.29 is 19.3 Å². The van der Waals surface area contributed by atoms with Gasteiger partial charge in [-0.1, -0.05) is 0 Å². The molecular weight excluding hydrogens is 236 g/mol. The Morgan fingerprint density at radius 3 is 2.56 bits per heavy atom. The highest BCUT2D eigenvalue weighted by Gasteiger charge is 2.42. The van der Waals surface area contributed by atoms with E-state index >= 15 is 0 Å². The molecule has 0 saturated carbocycles. The maximum absolute atomic E-state index is 10.5. The fourth-order valence-corrected chi connectivity index (χ4v) is 2.24. The van der Waals surface area contributed by atoms with Gasteiger partial charge >= 0.3 is 0 Å². The number of nitrogens with zero attached hydrogens (tertiary/aromatic N) is 2. The first kappa shape index (κ1) is 13.2. The van der Waals surface area contributed by atoms with E-state index in [4.69, 9.17) is 14.2 Å². The predicted octanol–water partition coefficient (Wildman–Crippen LogP) is 0.714. The lowest BCUT2D eigenvalue weighted by molar-refractivity contribution is -0.156. The third-order valence-corrected chi connectivity index (χ3v) is 3.39. The maximum atomic E-state index is 10.5. The van der Waals surface area contributed by atoms with Gasteiger partial charge in [0.05, 0.1) is 7.11 Å². The van der Waals surface area contributed by atoms with E-state index in [1.807, 2.05) is 0 Å². The Kier molecular flexibility index (Phi) is 4.11. The lowest BCUT2D eigenvalue weighted by atomic mass is 9.86. The average molecular weight is 254 g/mol. The van der Waals surface area contributed by atoms with Crippen LogP contribution in [0.3, 0.4) is 0 Å². The smallest absolute Gasteiger partial charge is 0.238 e. The van der Waals surface area contributed by atoms with Gasteiger partial charge in [-0.2, -0.15) is 0 Å². The SMILES string of the molecule is COc1nccnc1C(O)C1(OC)CCOCC1. The fraction of sp³-hybridized carbons (Fsp3) is 0.667. The molecule has 1 N–H and O–H groups in total. The van der Waals surface area contributed by atoms with Crippen molar-refractivity contribution in [3.63, 3.8) is 0 Å². The van der Waals surface area contributed by atoms with Crippen LogP contribution in [0.1, 0.15) is 24.6 Å². The Labute approximate surface area is 106 Å². The molecule has 1 atom stereocenters. The van der Waals surface area contributed by atoms with Crippen LogP contribution in [0.25, 0.3) is 0 Å². The van der Waals surface area contributed by atoms with Crippen LogP contribution in [0.5, 0.6) is 5.88 Å². The number of rotatable bonds is 4. The molecule has 6 nitrogen and oxygen atoms in total. The predicted molar refractivity (Wildman–Crippen MR) is 63.3 cm³/mol. The third kappa shape index (κ3) is 2.31. The Balaban J connectivity index is 2.30. The highest BCUT2D eigenvalue weighted by molar-refractivity contribution is 5.23. The van der Waals surface area contributed by atoms with Crippen LogP contribution in [-0.4, -0.2) is 48.1 Å². The molecule has 1 fully saturated rings. The van der Waals surface area contributed by atoms with Crippen LogP contribution in [0.2, 0.25) is 0 Å². The number of methoxy groups -OCH3 is 2. The minimum absolute atomic E-state index is 0.327. The standard InChI is InChI=1S/C12H18N2O4/c1-16-11-9(13-5-6-14-11)10(15)12(17-2)3-7-18-8-4-12/h5-6,10,15H,3-4,7-8H2,1-2H3. The number of hydrogen-bond donors (Lipinski definition) is 1. The van der Waals surface area contributed by atoms with Gasteiger partial charge in [-0.25, -0.2) is 4.98 Å². The maximum Gasteiger partial charge on any atom is 0.238 e. The Morgan fingerprint density at radius 2 is 1.94 bits per heavy atom. The summed E-state index contributed by atoms with van der Waals surface area (Å²) in [6.45, 7) is 1.13. The van der Waals surface area contributed by atoms with Gasteiger partial charge in [-0.3, -0.25) is 4.98 Å². The van der Waals surface area contributed by atoms with Crippen molar-refractivity contribution in [2.75, 3.05) is 27.4 Å². The summed E-state index contributed by atoms with van der Waals surface area (Å²) in [7, 11) is 3.10. The van der Waals surface area contributed by atoms with Crippen molar-refractivity contribution in [1.82, 2.24) is 9.97 Å². The van der Waals surface area contributed by atoms with E-state index in [-0.39, 0.29) is 0 Å². The molecule has 0 bridgehead atoms. The minimum Gasteiger partial charge on any atom is -0.480 e. The lowest BCUT2D eigenvalue weighted by Gasteiger charge is -2.39. The quantitative estimate of drug-likeness (QED) is 0.853. The monoisotopic (exact) mass is 254 g/mol. The molecule has 2 heterocycles. The van der Waals surface area contributed by atoms with Gasteiger partial charge in [0.25, 0.3) is 0 Å². The molecule has 1 aromatic heterocycles. The molecule has 0 spiro atoms.